The normalized spacial score (nSPS) is 21.5. The molecule has 0 bridgehead atoms. The monoisotopic (exact) mass is 448 g/mol. The largest absolute Gasteiger partial charge is 0.469 e. The van der Waals surface area contributed by atoms with Crippen molar-refractivity contribution in [2.75, 3.05) is 33.3 Å². The summed E-state index contributed by atoms with van der Waals surface area (Å²) in [4.78, 5) is 26.8. The lowest BCUT2D eigenvalue weighted by Gasteiger charge is -2.36. The quantitative estimate of drug-likeness (QED) is 0.661. The van der Waals surface area contributed by atoms with Crippen molar-refractivity contribution in [3.63, 3.8) is 0 Å². The number of hydrogen-bond donors (Lipinski definition) is 0. The Labute approximate surface area is 184 Å². The molecule has 1 aromatic carbocycles. The average Bonchev–Trinajstić information content (AvgIpc) is 2.83. The van der Waals surface area contributed by atoms with Crippen LogP contribution in [0.15, 0.2) is 23.1 Å². The van der Waals surface area contributed by atoms with Crippen LogP contribution in [0.25, 0.3) is 0 Å². The molecule has 31 heavy (non-hydrogen) atoms. The number of methoxy groups -OCH3 is 1. The molecule has 0 spiro atoms. The molecule has 0 unspecified atom stereocenters. The molecule has 2 saturated heterocycles. The number of sulfonamides is 1. The molecule has 0 radical (unpaired) electrons. The number of carbonyl (C=O) groups is 2. The molecule has 2 aliphatic heterocycles. The highest BCUT2D eigenvalue weighted by Gasteiger charge is 2.36. The van der Waals surface area contributed by atoms with Gasteiger partial charge in [-0.25, -0.2) is 8.42 Å². The van der Waals surface area contributed by atoms with Gasteiger partial charge >= 0.3 is 5.97 Å². The molecule has 0 atom stereocenters. The lowest BCUT2D eigenvalue weighted by molar-refractivity contribution is -0.149. The first-order valence-electron chi connectivity index (χ1n) is 11.4. The van der Waals surface area contributed by atoms with E-state index in [-0.39, 0.29) is 23.7 Å². The van der Waals surface area contributed by atoms with Crippen LogP contribution in [-0.2, 0) is 37.2 Å². The minimum atomic E-state index is -3.53. The Bertz CT molecular complexity index is 929. The van der Waals surface area contributed by atoms with Crippen LogP contribution in [0.2, 0.25) is 0 Å². The zero-order valence-electron chi connectivity index (χ0n) is 18.2. The molecule has 170 valence electrons. The van der Waals surface area contributed by atoms with Crippen molar-refractivity contribution in [2.24, 2.45) is 11.8 Å². The fourth-order valence-corrected chi connectivity index (χ4v) is 6.64. The molecule has 8 heteroatoms. The van der Waals surface area contributed by atoms with Crippen LogP contribution >= 0.6 is 0 Å². The van der Waals surface area contributed by atoms with Crippen LogP contribution in [0.1, 0.15) is 49.7 Å². The summed E-state index contributed by atoms with van der Waals surface area (Å²) in [6.07, 6.45) is 6.59. The maximum absolute atomic E-state index is 13.2. The zero-order chi connectivity index (χ0) is 22.0. The first kappa shape index (κ1) is 22.3. The second-order valence-electron chi connectivity index (χ2n) is 8.94. The summed E-state index contributed by atoms with van der Waals surface area (Å²) in [6.45, 7) is 1.86. The van der Waals surface area contributed by atoms with E-state index in [1.54, 1.807) is 6.07 Å². The van der Waals surface area contributed by atoms with Crippen molar-refractivity contribution in [1.82, 2.24) is 9.21 Å². The van der Waals surface area contributed by atoms with Crippen LogP contribution in [0.5, 0.6) is 0 Å². The van der Waals surface area contributed by atoms with Gasteiger partial charge in [0.25, 0.3) is 0 Å². The molecule has 1 aliphatic carbocycles. The third-order valence-electron chi connectivity index (χ3n) is 7.10. The van der Waals surface area contributed by atoms with E-state index in [0.717, 1.165) is 24.8 Å². The number of esters is 1. The number of piperidine rings is 2. The van der Waals surface area contributed by atoms with Crippen molar-refractivity contribution in [3.05, 3.63) is 29.3 Å². The van der Waals surface area contributed by atoms with Gasteiger partial charge in [0.05, 0.1) is 17.9 Å². The lowest BCUT2D eigenvalue weighted by Crippen LogP contribution is -2.47. The predicted molar refractivity (Wildman–Crippen MR) is 116 cm³/mol. The van der Waals surface area contributed by atoms with E-state index in [1.807, 2.05) is 17.0 Å². The molecular formula is C23H32N2O5S. The lowest BCUT2D eigenvalue weighted by atomic mass is 9.92. The topological polar surface area (TPSA) is 84.0 Å². The molecule has 1 amide bonds. The van der Waals surface area contributed by atoms with E-state index < -0.39 is 10.0 Å². The second kappa shape index (κ2) is 9.28. The number of ether oxygens (including phenoxy) is 1. The van der Waals surface area contributed by atoms with Gasteiger partial charge in [-0.3, -0.25) is 9.59 Å². The van der Waals surface area contributed by atoms with Gasteiger partial charge in [-0.2, -0.15) is 4.31 Å². The zero-order valence-corrected chi connectivity index (χ0v) is 19.0. The minimum Gasteiger partial charge on any atom is -0.469 e. The van der Waals surface area contributed by atoms with Crippen molar-refractivity contribution in [3.8, 4) is 0 Å². The summed E-state index contributed by atoms with van der Waals surface area (Å²) in [6, 6.07) is 5.56. The Morgan fingerprint density at radius 1 is 0.903 bits per heavy atom. The average molecular weight is 449 g/mol. The molecule has 0 saturated carbocycles. The first-order chi connectivity index (χ1) is 14.9. The Morgan fingerprint density at radius 2 is 1.52 bits per heavy atom. The van der Waals surface area contributed by atoms with E-state index in [9.17, 15) is 18.0 Å². The molecule has 0 N–H and O–H groups in total. The van der Waals surface area contributed by atoms with E-state index in [2.05, 4.69) is 0 Å². The van der Waals surface area contributed by atoms with Crippen molar-refractivity contribution >= 4 is 21.9 Å². The fraction of sp³-hybridized carbons (Fsp3) is 0.652. The Balaban J connectivity index is 1.34. The van der Waals surface area contributed by atoms with Gasteiger partial charge in [0.2, 0.25) is 15.9 Å². The van der Waals surface area contributed by atoms with E-state index in [4.69, 9.17) is 4.74 Å². The van der Waals surface area contributed by atoms with E-state index in [1.165, 1.54) is 23.4 Å². The van der Waals surface area contributed by atoms with Crippen LogP contribution in [0.4, 0.5) is 0 Å². The number of benzene rings is 1. The highest BCUT2D eigenvalue weighted by molar-refractivity contribution is 7.89. The van der Waals surface area contributed by atoms with Crippen LogP contribution in [-0.4, -0.2) is 62.8 Å². The Kier molecular flexibility index (Phi) is 6.67. The standard InChI is InChI=1S/C23H32N2O5S/c1-30-23(27)19-8-12-24(13-9-19)22(26)18-10-14-25(15-11-18)31(28,29)21-7-6-17-4-2-3-5-20(17)16-21/h6-7,16,18-19H,2-5,8-15H2,1H3. The van der Waals surface area contributed by atoms with E-state index in [0.29, 0.717) is 56.8 Å². The molecule has 4 rings (SSSR count). The number of rotatable bonds is 4. The second-order valence-corrected chi connectivity index (χ2v) is 10.9. The summed E-state index contributed by atoms with van der Waals surface area (Å²) in [7, 11) is -2.14. The number of amides is 1. The van der Waals surface area contributed by atoms with Gasteiger partial charge < -0.3 is 9.64 Å². The molecule has 2 heterocycles. The number of nitrogens with zero attached hydrogens (tertiary/aromatic N) is 2. The maximum Gasteiger partial charge on any atom is 0.308 e. The van der Waals surface area contributed by atoms with Crippen LogP contribution in [0.3, 0.4) is 0 Å². The van der Waals surface area contributed by atoms with Gasteiger partial charge in [-0.15, -0.1) is 0 Å². The maximum atomic E-state index is 13.2. The van der Waals surface area contributed by atoms with Crippen molar-refractivity contribution in [2.45, 2.75) is 56.3 Å². The SMILES string of the molecule is COC(=O)C1CCN(C(=O)C2CCN(S(=O)(=O)c3ccc4c(c3)CCCC4)CC2)CC1. The Hall–Kier alpha value is -1.93. The van der Waals surface area contributed by atoms with Crippen molar-refractivity contribution < 1.29 is 22.7 Å². The first-order valence-corrected chi connectivity index (χ1v) is 12.8. The van der Waals surface area contributed by atoms with Gasteiger partial charge in [0.1, 0.15) is 0 Å². The molecule has 2 fully saturated rings. The summed E-state index contributed by atoms with van der Waals surface area (Å²) < 4.78 is 32.7. The fourth-order valence-electron chi connectivity index (χ4n) is 5.12. The van der Waals surface area contributed by atoms with E-state index >= 15 is 0 Å². The van der Waals surface area contributed by atoms with Crippen LogP contribution < -0.4 is 0 Å². The molecular weight excluding hydrogens is 416 g/mol. The van der Waals surface area contributed by atoms with Crippen molar-refractivity contribution in [1.29, 1.82) is 0 Å². The number of aryl methyl sites for hydroxylation is 2. The summed E-state index contributed by atoms with van der Waals surface area (Å²) in [5.41, 5.74) is 2.43. The minimum absolute atomic E-state index is 0.0918. The molecule has 1 aromatic rings. The number of fused-ring (bicyclic) bond motifs is 1. The third-order valence-corrected chi connectivity index (χ3v) is 9.00. The number of likely N-dealkylation sites (tertiary alicyclic amines) is 1. The summed E-state index contributed by atoms with van der Waals surface area (Å²) in [5, 5.41) is 0. The highest BCUT2D eigenvalue weighted by atomic mass is 32.2. The highest BCUT2D eigenvalue weighted by Crippen LogP contribution is 2.29. The van der Waals surface area contributed by atoms with Gasteiger partial charge in [-0.05, 0) is 74.6 Å². The smallest absolute Gasteiger partial charge is 0.308 e. The summed E-state index contributed by atoms with van der Waals surface area (Å²) >= 11 is 0. The molecule has 3 aliphatic rings. The van der Waals surface area contributed by atoms with Gasteiger partial charge in [0.15, 0.2) is 0 Å². The summed E-state index contributed by atoms with van der Waals surface area (Å²) in [5.74, 6) is -0.385. The van der Waals surface area contributed by atoms with Crippen LogP contribution in [0, 0.1) is 11.8 Å². The molecule has 7 nitrogen and oxygen atoms in total. The van der Waals surface area contributed by atoms with Gasteiger partial charge in [-0.1, -0.05) is 6.07 Å². The molecule has 0 aromatic heterocycles. The number of carbonyl (C=O) groups excluding carboxylic acids is 2. The third kappa shape index (κ3) is 4.65. The number of hydrogen-bond acceptors (Lipinski definition) is 5. The Morgan fingerprint density at radius 3 is 2.16 bits per heavy atom. The predicted octanol–water partition coefficient (Wildman–Crippen LogP) is 2.38. The van der Waals surface area contributed by atoms with Gasteiger partial charge in [0, 0.05) is 32.1 Å².